The highest BCUT2D eigenvalue weighted by atomic mass is 16.7. The van der Waals surface area contributed by atoms with Gasteiger partial charge in [0.25, 0.3) is 0 Å². The van der Waals surface area contributed by atoms with Crippen molar-refractivity contribution < 1.29 is 19.1 Å². The first-order chi connectivity index (χ1) is 12.6. The molecule has 0 spiro atoms. The topological polar surface area (TPSA) is 57.1 Å². The summed E-state index contributed by atoms with van der Waals surface area (Å²) in [6, 6.07) is 13.8. The van der Waals surface area contributed by atoms with Crippen LogP contribution in [0.25, 0.3) is 6.08 Å². The Morgan fingerprint density at radius 2 is 1.81 bits per heavy atom. The maximum absolute atomic E-state index is 11.7. The van der Waals surface area contributed by atoms with E-state index in [4.69, 9.17) is 9.47 Å². The molecule has 0 bridgehead atoms. The summed E-state index contributed by atoms with van der Waals surface area (Å²) in [5.74, 6) is 0.851. The van der Waals surface area contributed by atoms with E-state index in [-0.39, 0.29) is 0 Å². The van der Waals surface area contributed by atoms with Crippen molar-refractivity contribution in [3.63, 3.8) is 0 Å². The van der Waals surface area contributed by atoms with Crippen LogP contribution in [0, 0.1) is 6.92 Å². The molecule has 5 heteroatoms. The lowest BCUT2D eigenvalue weighted by atomic mass is 10.1. The van der Waals surface area contributed by atoms with Crippen LogP contribution in [0.15, 0.2) is 53.2 Å². The smallest absolute Gasteiger partial charge is 0.367 e. The number of hydrogen-bond donors (Lipinski definition) is 0. The van der Waals surface area contributed by atoms with Crippen LogP contribution < -0.4 is 9.47 Å². The molecule has 26 heavy (non-hydrogen) atoms. The van der Waals surface area contributed by atoms with E-state index in [2.05, 4.69) is 29.0 Å². The van der Waals surface area contributed by atoms with E-state index < -0.39 is 5.97 Å². The first kappa shape index (κ1) is 17.7. The van der Waals surface area contributed by atoms with E-state index in [1.165, 1.54) is 5.56 Å². The van der Waals surface area contributed by atoms with Crippen molar-refractivity contribution in [3.05, 3.63) is 64.7 Å². The Labute approximate surface area is 152 Å². The minimum Gasteiger partial charge on any atom is -0.490 e. The molecule has 0 saturated carbocycles. The summed E-state index contributed by atoms with van der Waals surface area (Å²) in [4.78, 5) is 16.4. The molecule has 0 aromatic heterocycles. The molecule has 2 aromatic carbocycles. The lowest BCUT2D eigenvalue weighted by Crippen LogP contribution is -2.02. The van der Waals surface area contributed by atoms with Gasteiger partial charge in [-0.3, -0.25) is 0 Å². The molecule has 5 nitrogen and oxygen atoms in total. The van der Waals surface area contributed by atoms with Crippen molar-refractivity contribution in [2.75, 3.05) is 6.61 Å². The third kappa shape index (κ3) is 4.11. The predicted molar refractivity (Wildman–Crippen MR) is 100 cm³/mol. The van der Waals surface area contributed by atoms with Crippen LogP contribution in [0.1, 0.15) is 30.5 Å². The third-order valence-electron chi connectivity index (χ3n) is 3.97. The second-order valence-electron chi connectivity index (χ2n) is 6.03. The molecule has 134 valence electrons. The molecule has 1 aliphatic heterocycles. The number of nitrogens with zero attached hydrogens (tertiary/aromatic N) is 1. The molecule has 3 rings (SSSR count). The fourth-order valence-corrected chi connectivity index (χ4v) is 2.53. The van der Waals surface area contributed by atoms with Gasteiger partial charge in [-0.2, -0.15) is 0 Å². The molecule has 0 fully saturated rings. The number of aryl methyl sites for hydroxylation is 1. The van der Waals surface area contributed by atoms with E-state index in [1.54, 1.807) is 13.0 Å². The van der Waals surface area contributed by atoms with Gasteiger partial charge in [-0.1, -0.05) is 41.1 Å². The largest absolute Gasteiger partial charge is 0.490 e. The zero-order chi connectivity index (χ0) is 18.5. The molecule has 0 atom stereocenters. The van der Waals surface area contributed by atoms with E-state index in [1.807, 2.05) is 37.3 Å². The maximum atomic E-state index is 11.7. The SMILES string of the molecule is CCOc1cc(C=C2C(=O)ON=C2C)ccc1OCc1ccc(C)cc1. The van der Waals surface area contributed by atoms with Gasteiger partial charge in [0.2, 0.25) is 0 Å². The zero-order valence-electron chi connectivity index (χ0n) is 15.1. The molecular weight excluding hydrogens is 330 g/mol. The molecule has 0 saturated heterocycles. The van der Waals surface area contributed by atoms with Crippen molar-refractivity contribution in [1.82, 2.24) is 0 Å². The monoisotopic (exact) mass is 351 g/mol. The van der Waals surface area contributed by atoms with Crippen LogP contribution in [0.2, 0.25) is 0 Å². The highest BCUT2D eigenvalue weighted by Gasteiger charge is 2.21. The molecule has 1 heterocycles. The number of oxime groups is 1. The highest BCUT2D eigenvalue weighted by molar-refractivity contribution is 6.24. The first-order valence-corrected chi connectivity index (χ1v) is 8.50. The summed E-state index contributed by atoms with van der Waals surface area (Å²) in [5, 5.41) is 3.68. The molecular formula is C21H21NO4. The average Bonchev–Trinajstić information content (AvgIpc) is 2.95. The van der Waals surface area contributed by atoms with Gasteiger partial charge in [-0.25, -0.2) is 4.79 Å². The normalized spacial score (nSPS) is 15.0. The van der Waals surface area contributed by atoms with Crippen LogP contribution in [0.3, 0.4) is 0 Å². The third-order valence-corrected chi connectivity index (χ3v) is 3.97. The van der Waals surface area contributed by atoms with Gasteiger partial charge in [-0.15, -0.1) is 0 Å². The standard InChI is InChI=1S/C21H21NO4/c1-4-24-20-12-17(11-18-15(3)22-26-21(18)23)9-10-19(20)25-13-16-7-5-14(2)6-8-16/h5-12H,4,13H2,1-3H3. The maximum Gasteiger partial charge on any atom is 0.367 e. The Bertz CT molecular complexity index is 866. The average molecular weight is 351 g/mol. The molecule has 1 aliphatic rings. The molecule has 0 amide bonds. The van der Waals surface area contributed by atoms with Gasteiger partial charge in [0.1, 0.15) is 6.61 Å². The summed E-state index contributed by atoms with van der Waals surface area (Å²) < 4.78 is 11.6. The number of ether oxygens (including phenoxy) is 2. The van der Waals surface area contributed by atoms with Gasteiger partial charge < -0.3 is 14.3 Å². The lowest BCUT2D eigenvalue weighted by molar-refractivity contribution is -0.136. The molecule has 0 N–H and O–H groups in total. The van der Waals surface area contributed by atoms with E-state index in [0.29, 0.717) is 36.0 Å². The van der Waals surface area contributed by atoms with E-state index in [9.17, 15) is 4.79 Å². The molecule has 0 radical (unpaired) electrons. The van der Waals surface area contributed by atoms with Gasteiger partial charge >= 0.3 is 5.97 Å². The second-order valence-corrected chi connectivity index (χ2v) is 6.03. The molecule has 0 aliphatic carbocycles. The van der Waals surface area contributed by atoms with E-state index in [0.717, 1.165) is 11.1 Å². The van der Waals surface area contributed by atoms with Gasteiger partial charge in [0.15, 0.2) is 11.5 Å². The van der Waals surface area contributed by atoms with Crippen LogP contribution >= 0.6 is 0 Å². The summed E-state index contributed by atoms with van der Waals surface area (Å²) >= 11 is 0. The summed E-state index contributed by atoms with van der Waals surface area (Å²) in [7, 11) is 0. The lowest BCUT2D eigenvalue weighted by Gasteiger charge is -2.13. The predicted octanol–water partition coefficient (Wildman–Crippen LogP) is 4.29. The number of carbonyl (C=O) groups is 1. The quantitative estimate of drug-likeness (QED) is 0.575. The number of hydrogen-bond acceptors (Lipinski definition) is 5. The van der Waals surface area contributed by atoms with E-state index >= 15 is 0 Å². The molecule has 2 aromatic rings. The van der Waals surface area contributed by atoms with Crippen molar-refractivity contribution in [1.29, 1.82) is 0 Å². The van der Waals surface area contributed by atoms with Gasteiger partial charge in [0.05, 0.1) is 17.9 Å². The van der Waals surface area contributed by atoms with Crippen LogP contribution in [-0.4, -0.2) is 18.3 Å². The van der Waals surface area contributed by atoms with Gasteiger partial charge in [0, 0.05) is 0 Å². The Morgan fingerprint density at radius 1 is 1.04 bits per heavy atom. The summed E-state index contributed by atoms with van der Waals surface area (Å²) in [6.07, 6.45) is 1.74. The Kier molecular flexibility index (Phi) is 5.37. The molecule has 0 unspecified atom stereocenters. The van der Waals surface area contributed by atoms with Crippen LogP contribution in [0.4, 0.5) is 0 Å². The number of rotatable bonds is 6. The van der Waals surface area contributed by atoms with Crippen molar-refractivity contribution >= 4 is 17.8 Å². The minimum atomic E-state index is -0.444. The van der Waals surface area contributed by atoms with Crippen LogP contribution in [0.5, 0.6) is 11.5 Å². The Morgan fingerprint density at radius 3 is 2.46 bits per heavy atom. The zero-order valence-corrected chi connectivity index (χ0v) is 15.1. The Balaban J connectivity index is 1.80. The fourth-order valence-electron chi connectivity index (χ4n) is 2.53. The minimum absolute atomic E-state index is 0.444. The van der Waals surface area contributed by atoms with Crippen LogP contribution in [-0.2, 0) is 16.2 Å². The fraction of sp³-hybridized carbons (Fsp3) is 0.238. The van der Waals surface area contributed by atoms with Crippen molar-refractivity contribution in [3.8, 4) is 11.5 Å². The number of carbonyl (C=O) groups excluding carboxylic acids is 1. The summed E-state index contributed by atoms with van der Waals surface area (Å²) in [6.45, 7) is 6.68. The first-order valence-electron chi connectivity index (χ1n) is 8.50. The van der Waals surface area contributed by atoms with Gasteiger partial charge in [-0.05, 0) is 50.1 Å². The summed E-state index contributed by atoms with van der Waals surface area (Å²) in [5.41, 5.74) is 4.13. The van der Waals surface area contributed by atoms with Crippen molar-refractivity contribution in [2.24, 2.45) is 5.16 Å². The number of benzene rings is 2. The second kappa shape index (κ2) is 7.87. The Hall–Kier alpha value is -3.08. The van der Waals surface area contributed by atoms with Crippen molar-refractivity contribution in [2.45, 2.75) is 27.4 Å². The highest BCUT2D eigenvalue weighted by Crippen LogP contribution is 2.30.